The van der Waals surface area contributed by atoms with Gasteiger partial charge in [0.1, 0.15) is 10.6 Å². The number of hydrogen-bond donors (Lipinski definition) is 3. The molecule has 1 heterocycles. The summed E-state index contributed by atoms with van der Waals surface area (Å²) >= 11 is 0.971. The zero-order valence-electron chi connectivity index (χ0n) is 11.6. The van der Waals surface area contributed by atoms with Gasteiger partial charge in [0.2, 0.25) is 5.91 Å². The molecule has 1 aliphatic carbocycles. The summed E-state index contributed by atoms with van der Waals surface area (Å²) in [6.45, 7) is 1.50. The molecular formula is C13H17N3O4S. The number of aryl methyl sites for hydroxylation is 1. The molecule has 0 aliphatic heterocycles. The van der Waals surface area contributed by atoms with E-state index in [0.717, 1.165) is 37.4 Å². The number of carboxylic acid groups (broad SMARTS) is 1. The Morgan fingerprint density at radius 3 is 2.71 bits per heavy atom. The van der Waals surface area contributed by atoms with Crippen molar-refractivity contribution in [3.63, 3.8) is 0 Å². The number of rotatable bonds is 5. The van der Waals surface area contributed by atoms with Gasteiger partial charge >= 0.3 is 11.7 Å². The molecule has 1 aromatic heterocycles. The van der Waals surface area contributed by atoms with E-state index in [-0.39, 0.29) is 34.0 Å². The molecule has 114 valence electrons. The van der Waals surface area contributed by atoms with E-state index in [1.54, 1.807) is 0 Å². The summed E-state index contributed by atoms with van der Waals surface area (Å²) in [7, 11) is 0. The average molecular weight is 311 g/mol. The molecule has 8 heteroatoms. The third kappa shape index (κ3) is 4.07. The Morgan fingerprint density at radius 2 is 2.10 bits per heavy atom. The molecule has 0 radical (unpaired) electrons. The van der Waals surface area contributed by atoms with Crippen LogP contribution in [0.1, 0.15) is 41.7 Å². The molecule has 2 rings (SSSR count). The Balaban J connectivity index is 2.03. The number of carboxylic acids is 1. The van der Waals surface area contributed by atoms with Crippen molar-refractivity contribution in [2.24, 2.45) is 0 Å². The molecule has 0 unspecified atom stereocenters. The number of nitrogens with zero attached hydrogens (tertiary/aromatic N) is 1. The lowest BCUT2D eigenvalue weighted by atomic mass is 10.2. The fourth-order valence-electron chi connectivity index (χ4n) is 2.39. The molecule has 0 aromatic carbocycles. The van der Waals surface area contributed by atoms with E-state index in [9.17, 15) is 14.4 Å². The second-order valence-electron chi connectivity index (χ2n) is 4.99. The lowest BCUT2D eigenvalue weighted by Gasteiger charge is -2.12. The lowest BCUT2D eigenvalue weighted by Crippen LogP contribution is -2.34. The van der Waals surface area contributed by atoms with Crippen molar-refractivity contribution in [1.82, 2.24) is 15.3 Å². The van der Waals surface area contributed by atoms with Crippen LogP contribution in [0.3, 0.4) is 0 Å². The third-order valence-electron chi connectivity index (χ3n) is 3.36. The first-order chi connectivity index (χ1) is 9.97. The minimum Gasteiger partial charge on any atom is -0.478 e. The number of aromatic carboxylic acids is 1. The van der Waals surface area contributed by atoms with Crippen LogP contribution < -0.4 is 11.0 Å². The number of amides is 1. The molecule has 3 N–H and O–H groups in total. The SMILES string of the molecule is Cc1[nH]c(=O)nc(SCC(=O)NC2CCCC2)c1C(=O)O. The highest BCUT2D eigenvalue weighted by atomic mass is 32.2. The summed E-state index contributed by atoms with van der Waals surface area (Å²) in [4.78, 5) is 40.4. The van der Waals surface area contributed by atoms with Gasteiger partial charge in [0.05, 0.1) is 5.75 Å². The molecule has 0 spiro atoms. The summed E-state index contributed by atoms with van der Waals surface area (Å²) in [5.41, 5.74) is -0.439. The van der Waals surface area contributed by atoms with E-state index in [1.165, 1.54) is 6.92 Å². The van der Waals surface area contributed by atoms with Crippen molar-refractivity contribution in [3.05, 3.63) is 21.7 Å². The number of aromatic nitrogens is 2. The standard InChI is InChI=1S/C13H17N3O4S/c1-7-10(12(18)19)11(16-13(20)14-7)21-6-9(17)15-8-4-2-3-5-8/h8H,2-6H2,1H3,(H,15,17)(H,18,19)(H,14,16,20). The first kappa shape index (κ1) is 15.6. The van der Waals surface area contributed by atoms with E-state index in [1.807, 2.05) is 0 Å². The molecule has 0 atom stereocenters. The van der Waals surface area contributed by atoms with Gasteiger partial charge in [-0.1, -0.05) is 24.6 Å². The van der Waals surface area contributed by atoms with Crippen molar-refractivity contribution in [2.45, 2.75) is 43.7 Å². The number of carbonyl (C=O) groups excluding carboxylic acids is 1. The van der Waals surface area contributed by atoms with E-state index in [0.29, 0.717) is 0 Å². The van der Waals surface area contributed by atoms with Crippen LogP contribution in [0, 0.1) is 6.92 Å². The topological polar surface area (TPSA) is 112 Å². The first-order valence-electron chi connectivity index (χ1n) is 6.73. The summed E-state index contributed by atoms with van der Waals surface area (Å²) in [6, 6.07) is 0.214. The maximum Gasteiger partial charge on any atom is 0.346 e. The highest BCUT2D eigenvalue weighted by Crippen LogP contribution is 2.21. The highest BCUT2D eigenvalue weighted by molar-refractivity contribution is 8.00. The van der Waals surface area contributed by atoms with Gasteiger partial charge in [-0.05, 0) is 19.8 Å². The largest absolute Gasteiger partial charge is 0.478 e. The van der Waals surface area contributed by atoms with Crippen LogP contribution in [0.15, 0.2) is 9.82 Å². The molecule has 21 heavy (non-hydrogen) atoms. The van der Waals surface area contributed by atoms with Crippen LogP contribution in [0.2, 0.25) is 0 Å². The second kappa shape index (κ2) is 6.75. The van der Waals surface area contributed by atoms with Gasteiger partial charge in [-0.3, -0.25) is 4.79 Å². The van der Waals surface area contributed by atoms with Gasteiger partial charge in [-0.2, -0.15) is 4.98 Å². The van der Waals surface area contributed by atoms with Gasteiger partial charge in [0.15, 0.2) is 0 Å². The van der Waals surface area contributed by atoms with Gasteiger partial charge in [-0.15, -0.1) is 0 Å². The molecule has 1 aromatic rings. The zero-order chi connectivity index (χ0) is 15.4. The lowest BCUT2D eigenvalue weighted by molar-refractivity contribution is -0.119. The molecule has 1 amide bonds. The predicted molar refractivity (Wildman–Crippen MR) is 77.7 cm³/mol. The van der Waals surface area contributed by atoms with Crippen LogP contribution in [-0.4, -0.2) is 38.7 Å². The van der Waals surface area contributed by atoms with Crippen molar-refractivity contribution in [3.8, 4) is 0 Å². The monoisotopic (exact) mass is 311 g/mol. The molecule has 1 aliphatic rings. The summed E-state index contributed by atoms with van der Waals surface area (Å²) in [5, 5.41) is 12.1. The van der Waals surface area contributed by atoms with Crippen molar-refractivity contribution in [1.29, 1.82) is 0 Å². The van der Waals surface area contributed by atoms with Crippen molar-refractivity contribution in [2.75, 3.05) is 5.75 Å². The smallest absolute Gasteiger partial charge is 0.346 e. The molecule has 7 nitrogen and oxygen atoms in total. The Hall–Kier alpha value is -1.83. The summed E-state index contributed by atoms with van der Waals surface area (Å²) in [6.07, 6.45) is 4.21. The number of thioether (sulfide) groups is 1. The Labute approximate surface area is 125 Å². The number of aromatic amines is 1. The van der Waals surface area contributed by atoms with E-state index in [2.05, 4.69) is 15.3 Å². The van der Waals surface area contributed by atoms with Crippen LogP contribution in [0.4, 0.5) is 0 Å². The Kier molecular flexibility index (Phi) is 5.00. The van der Waals surface area contributed by atoms with Crippen LogP contribution in [0.25, 0.3) is 0 Å². The highest BCUT2D eigenvalue weighted by Gasteiger charge is 2.20. The van der Waals surface area contributed by atoms with Gasteiger partial charge in [-0.25, -0.2) is 9.59 Å². The van der Waals surface area contributed by atoms with Crippen LogP contribution >= 0.6 is 11.8 Å². The summed E-state index contributed by atoms with van der Waals surface area (Å²) in [5.74, 6) is -1.29. The quantitative estimate of drug-likeness (QED) is 0.551. The Morgan fingerprint density at radius 1 is 1.43 bits per heavy atom. The van der Waals surface area contributed by atoms with E-state index < -0.39 is 11.7 Å². The summed E-state index contributed by atoms with van der Waals surface area (Å²) < 4.78 is 0. The average Bonchev–Trinajstić information content (AvgIpc) is 2.87. The minimum atomic E-state index is -1.17. The molecule has 0 bridgehead atoms. The molecule has 1 saturated carbocycles. The first-order valence-corrected chi connectivity index (χ1v) is 7.72. The van der Waals surface area contributed by atoms with Gasteiger partial charge in [0.25, 0.3) is 0 Å². The fourth-order valence-corrected chi connectivity index (χ4v) is 3.27. The zero-order valence-corrected chi connectivity index (χ0v) is 12.5. The predicted octanol–water partition coefficient (Wildman–Crippen LogP) is 0.927. The number of H-pyrrole nitrogens is 1. The van der Waals surface area contributed by atoms with Gasteiger partial charge < -0.3 is 15.4 Å². The minimum absolute atomic E-state index is 0.0483. The molecular weight excluding hydrogens is 294 g/mol. The number of carbonyl (C=O) groups is 2. The van der Waals surface area contributed by atoms with E-state index in [4.69, 9.17) is 5.11 Å². The molecule has 1 fully saturated rings. The van der Waals surface area contributed by atoms with Crippen molar-refractivity contribution >= 4 is 23.6 Å². The maximum atomic E-state index is 11.8. The van der Waals surface area contributed by atoms with Crippen molar-refractivity contribution < 1.29 is 14.7 Å². The number of hydrogen-bond acceptors (Lipinski definition) is 5. The normalized spacial score (nSPS) is 15.1. The number of nitrogens with one attached hydrogen (secondary N) is 2. The Bertz CT molecular complexity index is 608. The van der Waals surface area contributed by atoms with Crippen LogP contribution in [0.5, 0.6) is 0 Å². The third-order valence-corrected chi connectivity index (χ3v) is 4.34. The second-order valence-corrected chi connectivity index (χ2v) is 5.95. The van der Waals surface area contributed by atoms with Gasteiger partial charge in [0, 0.05) is 11.7 Å². The van der Waals surface area contributed by atoms with E-state index >= 15 is 0 Å². The van der Waals surface area contributed by atoms with Crippen LogP contribution in [-0.2, 0) is 4.79 Å². The molecule has 0 saturated heterocycles. The fraction of sp³-hybridized carbons (Fsp3) is 0.538. The maximum absolute atomic E-state index is 11.8.